The summed E-state index contributed by atoms with van der Waals surface area (Å²) < 4.78 is 2.15. The van der Waals surface area contributed by atoms with Crippen LogP contribution in [0.25, 0.3) is 0 Å². The van der Waals surface area contributed by atoms with Crippen molar-refractivity contribution in [1.29, 1.82) is 0 Å². The molecule has 2 aromatic carbocycles. The smallest absolute Gasteiger partial charge is 0.234 e. The predicted molar refractivity (Wildman–Crippen MR) is 92.7 cm³/mol. The Morgan fingerprint density at radius 3 is 2.63 bits per heavy atom. The van der Waals surface area contributed by atoms with E-state index in [-0.39, 0.29) is 5.91 Å². The highest BCUT2D eigenvalue weighted by Gasteiger charge is 2.04. The van der Waals surface area contributed by atoms with Crippen molar-refractivity contribution in [1.82, 2.24) is 0 Å². The van der Waals surface area contributed by atoms with Crippen LogP contribution in [0.2, 0.25) is 0 Å². The fourth-order valence-corrected chi connectivity index (χ4v) is 2.95. The third-order valence-corrected chi connectivity index (χ3v) is 4.50. The number of rotatable bonds is 4. The Bertz CT molecular complexity index is 574. The lowest BCUT2D eigenvalue weighted by molar-refractivity contribution is -0.113. The number of benzene rings is 2. The molecule has 0 atom stereocenters. The van der Waals surface area contributed by atoms with E-state index in [2.05, 4.69) is 43.8 Å². The minimum atomic E-state index is 0.00918. The first kappa shape index (κ1) is 14.9. The molecule has 0 saturated carbocycles. The van der Waals surface area contributed by atoms with E-state index in [0.29, 0.717) is 5.75 Å². The lowest BCUT2D eigenvalue weighted by Gasteiger charge is -2.05. The van der Waals surface area contributed by atoms with Crippen molar-refractivity contribution in [3.8, 4) is 0 Å². The van der Waals surface area contributed by atoms with Gasteiger partial charge in [-0.2, -0.15) is 0 Å². The summed E-state index contributed by atoms with van der Waals surface area (Å²) in [6, 6.07) is 15.7. The maximum Gasteiger partial charge on any atom is 0.234 e. The van der Waals surface area contributed by atoms with Crippen molar-refractivity contribution < 1.29 is 4.79 Å². The molecule has 2 nitrogen and oxygen atoms in total. The van der Waals surface area contributed by atoms with Crippen molar-refractivity contribution in [2.45, 2.75) is 4.90 Å². The van der Waals surface area contributed by atoms with Gasteiger partial charge in [0, 0.05) is 18.6 Å². The van der Waals surface area contributed by atoms with Crippen molar-refractivity contribution in [3.05, 3.63) is 56.6 Å². The second-order valence-electron chi connectivity index (χ2n) is 3.80. The molecule has 0 bridgehead atoms. The van der Waals surface area contributed by atoms with Gasteiger partial charge in [-0.15, -0.1) is 11.8 Å². The number of carbonyl (C=O) groups is 1. The summed E-state index contributed by atoms with van der Waals surface area (Å²) in [6.07, 6.45) is 0. The summed E-state index contributed by atoms with van der Waals surface area (Å²) in [5.74, 6) is 0.419. The Morgan fingerprint density at radius 1 is 1.21 bits per heavy atom. The Balaban J connectivity index is 1.86. The van der Waals surface area contributed by atoms with Gasteiger partial charge in [0.15, 0.2) is 0 Å². The quantitative estimate of drug-likeness (QED) is 0.539. The molecular formula is C14H11BrINOS. The maximum atomic E-state index is 11.8. The zero-order valence-electron chi connectivity index (χ0n) is 9.90. The SMILES string of the molecule is O=C(CSc1ccc(Br)cc1)Nc1cccc(I)c1. The second-order valence-corrected chi connectivity index (χ2v) is 7.01. The summed E-state index contributed by atoms with van der Waals surface area (Å²) in [6.45, 7) is 0. The number of nitrogens with one attached hydrogen (secondary N) is 1. The van der Waals surface area contributed by atoms with E-state index in [4.69, 9.17) is 0 Å². The summed E-state index contributed by atoms with van der Waals surface area (Å²) in [4.78, 5) is 12.9. The normalized spacial score (nSPS) is 10.2. The highest BCUT2D eigenvalue weighted by molar-refractivity contribution is 14.1. The fourth-order valence-electron chi connectivity index (χ4n) is 1.44. The third-order valence-electron chi connectivity index (χ3n) is 2.29. The zero-order valence-corrected chi connectivity index (χ0v) is 14.5. The lowest BCUT2D eigenvalue weighted by atomic mass is 10.3. The van der Waals surface area contributed by atoms with Crippen LogP contribution in [0.15, 0.2) is 57.9 Å². The molecule has 2 rings (SSSR count). The van der Waals surface area contributed by atoms with Crippen LogP contribution in [-0.2, 0) is 4.79 Å². The van der Waals surface area contributed by atoms with Crippen LogP contribution in [0.4, 0.5) is 5.69 Å². The molecule has 0 aromatic heterocycles. The Labute approximate surface area is 138 Å². The van der Waals surface area contributed by atoms with Crippen LogP contribution in [0.5, 0.6) is 0 Å². The average Bonchev–Trinajstić information content (AvgIpc) is 2.38. The van der Waals surface area contributed by atoms with Gasteiger partial charge in [-0.25, -0.2) is 0 Å². The molecule has 5 heteroatoms. The minimum Gasteiger partial charge on any atom is -0.325 e. The third kappa shape index (κ3) is 5.16. The van der Waals surface area contributed by atoms with Crippen LogP contribution in [0, 0.1) is 3.57 Å². The van der Waals surface area contributed by atoms with E-state index in [1.54, 1.807) is 0 Å². The van der Waals surface area contributed by atoms with Gasteiger partial charge in [-0.3, -0.25) is 4.79 Å². The number of hydrogen-bond acceptors (Lipinski definition) is 2. The molecule has 0 fully saturated rings. The van der Waals surface area contributed by atoms with Gasteiger partial charge in [0.2, 0.25) is 5.91 Å². The highest BCUT2D eigenvalue weighted by Crippen LogP contribution is 2.21. The Hall–Kier alpha value is -0.530. The highest BCUT2D eigenvalue weighted by atomic mass is 127. The molecule has 0 saturated heterocycles. The minimum absolute atomic E-state index is 0.00918. The van der Waals surface area contributed by atoms with Gasteiger partial charge in [0.05, 0.1) is 5.75 Å². The first-order chi connectivity index (χ1) is 9.13. The lowest BCUT2D eigenvalue weighted by Crippen LogP contribution is -2.13. The molecule has 0 spiro atoms. The first-order valence-corrected chi connectivity index (χ1v) is 8.43. The molecule has 0 aliphatic carbocycles. The van der Waals surface area contributed by atoms with Crippen LogP contribution < -0.4 is 5.32 Å². The predicted octanol–water partition coefficient (Wildman–Crippen LogP) is 4.78. The van der Waals surface area contributed by atoms with E-state index >= 15 is 0 Å². The number of hydrogen-bond donors (Lipinski definition) is 1. The number of amides is 1. The standard InChI is InChI=1S/C14H11BrINOS/c15-10-4-6-13(7-5-10)19-9-14(18)17-12-3-1-2-11(16)8-12/h1-8H,9H2,(H,17,18). The Kier molecular flexibility index (Phi) is 5.72. The fraction of sp³-hybridized carbons (Fsp3) is 0.0714. The van der Waals surface area contributed by atoms with Crippen molar-refractivity contribution >= 4 is 61.9 Å². The van der Waals surface area contributed by atoms with Crippen molar-refractivity contribution in [3.63, 3.8) is 0 Å². The molecule has 0 radical (unpaired) electrons. The van der Waals surface area contributed by atoms with Crippen LogP contribution in [0.3, 0.4) is 0 Å². The van der Waals surface area contributed by atoms with Gasteiger partial charge < -0.3 is 5.32 Å². The topological polar surface area (TPSA) is 29.1 Å². The molecule has 0 aliphatic heterocycles. The van der Waals surface area contributed by atoms with Gasteiger partial charge in [-0.05, 0) is 65.1 Å². The van der Waals surface area contributed by atoms with Crippen molar-refractivity contribution in [2.24, 2.45) is 0 Å². The van der Waals surface area contributed by atoms with Crippen molar-refractivity contribution in [2.75, 3.05) is 11.1 Å². The molecule has 19 heavy (non-hydrogen) atoms. The van der Waals surface area contributed by atoms with Crippen LogP contribution in [-0.4, -0.2) is 11.7 Å². The van der Waals surface area contributed by atoms with Gasteiger partial charge in [0.25, 0.3) is 0 Å². The van der Waals surface area contributed by atoms with Crippen LogP contribution in [0.1, 0.15) is 0 Å². The Morgan fingerprint density at radius 2 is 1.95 bits per heavy atom. The largest absolute Gasteiger partial charge is 0.325 e. The van der Waals surface area contributed by atoms with Gasteiger partial charge >= 0.3 is 0 Å². The number of halogens is 2. The molecule has 1 N–H and O–H groups in total. The van der Waals surface area contributed by atoms with E-state index in [1.807, 2.05) is 48.5 Å². The molecular weight excluding hydrogens is 437 g/mol. The van der Waals surface area contributed by atoms with Gasteiger partial charge in [-0.1, -0.05) is 22.0 Å². The van der Waals surface area contributed by atoms with E-state index in [1.165, 1.54) is 11.8 Å². The maximum absolute atomic E-state index is 11.8. The summed E-state index contributed by atoms with van der Waals surface area (Å²) in [5.41, 5.74) is 0.841. The summed E-state index contributed by atoms with van der Waals surface area (Å²) in [5, 5.41) is 2.89. The first-order valence-electron chi connectivity index (χ1n) is 5.57. The summed E-state index contributed by atoms with van der Waals surface area (Å²) in [7, 11) is 0. The molecule has 98 valence electrons. The molecule has 0 heterocycles. The van der Waals surface area contributed by atoms with E-state index < -0.39 is 0 Å². The zero-order chi connectivity index (χ0) is 13.7. The molecule has 0 aliphatic rings. The van der Waals surface area contributed by atoms with E-state index in [0.717, 1.165) is 18.6 Å². The van der Waals surface area contributed by atoms with Crippen LogP contribution >= 0.6 is 50.3 Å². The van der Waals surface area contributed by atoms with Gasteiger partial charge in [0.1, 0.15) is 0 Å². The number of anilines is 1. The molecule has 0 unspecified atom stereocenters. The molecule has 1 amide bonds. The number of carbonyl (C=O) groups excluding carboxylic acids is 1. The average molecular weight is 448 g/mol. The summed E-state index contributed by atoms with van der Waals surface area (Å²) >= 11 is 7.14. The monoisotopic (exact) mass is 447 g/mol. The van der Waals surface area contributed by atoms with E-state index in [9.17, 15) is 4.79 Å². The number of thioether (sulfide) groups is 1. The second kappa shape index (κ2) is 7.31. The molecule has 2 aromatic rings.